The highest BCUT2D eigenvalue weighted by molar-refractivity contribution is 6.32. The van der Waals surface area contributed by atoms with Gasteiger partial charge in [0, 0.05) is 12.1 Å². The molecule has 0 saturated heterocycles. The molecule has 0 bridgehead atoms. The summed E-state index contributed by atoms with van der Waals surface area (Å²) < 4.78 is 43.7. The Kier molecular flexibility index (Phi) is 5.27. The molecule has 5 nitrogen and oxygen atoms in total. The highest BCUT2D eigenvalue weighted by atomic mass is 35.5. The molecule has 0 spiro atoms. The zero-order valence-electron chi connectivity index (χ0n) is 14.2. The molecule has 2 aromatic heterocycles. The maximum atomic E-state index is 12.7. The van der Waals surface area contributed by atoms with Gasteiger partial charge in [-0.3, -0.25) is 4.79 Å². The summed E-state index contributed by atoms with van der Waals surface area (Å²) in [5.41, 5.74) is -0.201. The number of aromatic amines is 1. The minimum Gasteiger partial charge on any atom is -0.459 e. The molecule has 0 saturated carbocycles. The Labute approximate surface area is 157 Å². The van der Waals surface area contributed by atoms with E-state index in [0.29, 0.717) is 35.9 Å². The van der Waals surface area contributed by atoms with E-state index in [1.165, 1.54) is 18.3 Å². The number of halogens is 4. The summed E-state index contributed by atoms with van der Waals surface area (Å²) in [6.07, 6.45) is -2.93. The Morgan fingerprint density at radius 2 is 1.89 bits per heavy atom. The summed E-state index contributed by atoms with van der Waals surface area (Å²) in [5, 5.41) is 6.04. The van der Waals surface area contributed by atoms with Crippen LogP contribution in [0.4, 0.5) is 18.9 Å². The number of H-pyrrole nitrogens is 1. The number of nitrogens with one attached hydrogen (secondary N) is 1. The molecule has 0 radical (unpaired) electrons. The van der Waals surface area contributed by atoms with Crippen molar-refractivity contribution in [1.29, 1.82) is 0 Å². The first-order valence-electron chi connectivity index (χ1n) is 8.04. The van der Waals surface area contributed by atoms with Crippen LogP contribution in [0.15, 0.2) is 51.8 Å². The standard InChI is InChI=1S/C18H15ClF3N3O2/c1-2-25(14-9-23-24-17(26)16(14)19)10-13-7-8-15(27-13)11-3-5-12(6-4-11)18(20,21)22/h3-9H,2,10H2,1H3,(H,24,26). The molecule has 0 aliphatic heterocycles. The fourth-order valence-corrected chi connectivity index (χ4v) is 2.80. The van der Waals surface area contributed by atoms with Crippen LogP contribution in [0.25, 0.3) is 11.3 Å². The third-order valence-electron chi connectivity index (χ3n) is 4.00. The van der Waals surface area contributed by atoms with Gasteiger partial charge >= 0.3 is 6.18 Å². The molecule has 0 atom stereocenters. The Bertz CT molecular complexity index is 981. The van der Waals surface area contributed by atoms with E-state index in [-0.39, 0.29) is 5.02 Å². The monoisotopic (exact) mass is 397 g/mol. The number of furan rings is 1. The minimum absolute atomic E-state index is 0.0290. The molecule has 0 fully saturated rings. The van der Waals surface area contributed by atoms with Gasteiger partial charge in [0.15, 0.2) is 0 Å². The lowest BCUT2D eigenvalue weighted by Gasteiger charge is -2.21. The molecule has 1 N–H and O–H groups in total. The number of nitrogens with zero attached hydrogens (tertiary/aromatic N) is 2. The van der Waals surface area contributed by atoms with Crippen molar-refractivity contribution in [3.8, 4) is 11.3 Å². The second kappa shape index (κ2) is 7.48. The maximum Gasteiger partial charge on any atom is 0.416 e. The molecule has 1 aromatic carbocycles. The van der Waals surface area contributed by atoms with Crippen molar-refractivity contribution in [2.45, 2.75) is 19.6 Å². The van der Waals surface area contributed by atoms with Gasteiger partial charge in [-0.25, -0.2) is 5.10 Å². The van der Waals surface area contributed by atoms with Crippen LogP contribution in [0.1, 0.15) is 18.2 Å². The van der Waals surface area contributed by atoms with Crippen LogP contribution < -0.4 is 10.5 Å². The third-order valence-corrected chi connectivity index (χ3v) is 4.37. The van der Waals surface area contributed by atoms with E-state index in [9.17, 15) is 18.0 Å². The number of rotatable bonds is 5. The topological polar surface area (TPSA) is 62.1 Å². The predicted molar refractivity (Wildman–Crippen MR) is 95.7 cm³/mol. The zero-order valence-corrected chi connectivity index (χ0v) is 14.9. The predicted octanol–water partition coefficient (Wildman–Crippen LogP) is 4.73. The summed E-state index contributed by atoms with van der Waals surface area (Å²) in [5.74, 6) is 1.02. The van der Waals surface area contributed by atoms with Gasteiger partial charge < -0.3 is 9.32 Å². The van der Waals surface area contributed by atoms with E-state index in [2.05, 4.69) is 10.2 Å². The fraction of sp³-hybridized carbons (Fsp3) is 0.222. The Balaban J connectivity index is 1.81. The second-order valence-corrected chi connectivity index (χ2v) is 6.13. The highest BCUT2D eigenvalue weighted by Gasteiger charge is 2.30. The molecule has 3 aromatic rings. The van der Waals surface area contributed by atoms with Crippen LogP contribution in [0.2, 0.25) is 5.02 Å². The van der Waals surface area contributed by atoms with Crippen LogP contribution in [0.3, 0.4) is 0 Å². The smallest absolute Gasteiger partial charge is 0.416 e. The van der Waals surface area contributed by atoms with Crippen LogP contribution in [0.5, 0.6) is 0 Å². The molecule has 27 heavy (non-hydrogen) atoms. The number of alkyl halides is 3. The van der Waals surface area contributed by atoms with Crippen molar-refractivity contribution in [2.75, 3.05) is 11.4 Å². The highest BCUT2D eigenvalue weighted by Crippen LogP contribution is 2.32. The van der Waals surface area contributed by atoms with Gasteiger partial charge in [-0.2, -0.15) is 18.3 Å². The molecular weight excluding hydrogens is 383 g/mol. The van der Waals surface area contributed by atoms with Gasteiger partial charge in [-0.1, -0.05) is 23.7 Å². The normalized spacial score (nSPS) is 11.6. The molecule has 0 aliphatic rings. The molecule has 142 valence electrons. The maximum absolute atomic E-state index is 12.7. The first-order valence-corrected chi connectivity index (χ1v) is 8.42. The summed E-state index contributed by atoms with van der Waals surface area (Å²) in [6, 6.07) is 8.16. The van der Waals surface area contributed by atoms with Gasteiger partial charge in [-0.05, 0) is 31.2 Å². The van der Waals surface area contributed by atoms with Crippen molar-refractivity contribution in [3.63, 3.8) is 0 Å². The quantitative estimate of drug-likeness (QED) is 0.676. The van der Waals surface area contributed by atoms with E-state index in [4.69, 9.17) is 16.0 Å². The number of benzene rings is 1. The number of hydrogen-bond donors (Lipinski definition) is 1. The lowest BCUT2D eigenvalue weighted by Crippen LogP contribution is -2.25. The molecule has 2 heterocycles. The third kappa shape index (κ3) is 4.16. The van der Waals surface area contributed by atoms with E-state index in [1.807, 2.05) is 6.92 Å². The first kappa shape index (κ1) is 19.0. The zero-order chi connectivity index (χ0) is 19.6. The fourth-order valence-electron chi connectivity index (χ4n) is 2.59. The van der Waals surface area contributed by atoms with Crippen molar-refractivity contribution in [2.24, 2.45) is 0 Å². The van der Waals surface area contributed by atoms with Gasteiger partial charge in [0.25, 0.3) is 5.56 Å². The largest absolute Gasteiger partial charge is 0.459 e. The number of hydrogen-bond acceptors (Lipinski definition) is 4. The lowest BCUT2D eigenvalue weighted by molar-refractivity contribution is -0.137. The van der Waals surface area contributed by atoms with E-state index in [0.717, 1.165) is 12.1 Å². The molecule has 0 amide bonds. The van der Waals surface area contributed by atoms with Crippen molar-refractivity contribution in [1.82, 2.24) is 10.2 Å². The van der Waals surface area contributed by atoms with Gasteiger partial charge in [0.1, 0.15) is 16.5 Å². The van der Waals surface area contributed by atoms with Crippen LogP contribution >= 0.6 is 11.6 Å². The van der Waals surface area contributed by atoms with Crippen LogP contribution in [-0.4, -0.2) is 16.7 Å². The van der Waals surface area contributed by atoms with E-state index < -0.39 is 17.3 Å². The Morgan fingerprint density at radius 3 is 2.52 bits per heavy atom. The second-order valence-electron chi connectivity index (χ2n) is 5.75. The van der Waals surface area contributed by atoms with Gasteiger partial charge in [0.2, 0.25) is 0 Å². The average Bonchev–Trinajstić information content (AvgIpc) is 3.10. The lowest BCUT2D eigenvalue weighted by atomic mass is 10.1. The van der Waals surface area contributed by atoms with E-state index in [1.54, 1.807) is 17.0 Å². The van der Waals surface area contributed by atoms with Crippen molar-refractivity contribution in [3.05, 3.63) is 69.3 Å². The summed E-state index contributed by atoms with van der Waals surface area (Å²) in [6.45, 7) is 2.75. The van der Waals surface area contributed by atoms with Gasteiger partial charge in [0.05, 0.1) is 24.0 Å². The Morgan fingerprint density at radius 1 is 1.19 bits per heavy atom. The molecular formula is C18H15ClF3N3O2. The van der Waals surface area contributed by atoms with E-state index >= 15 is 0 Å². The summed E-state index contributed by atoms with van der Waals surface area (Å²) >= 11 is 6.04. The number of anilines is 1. The molecule has 3 rings (SSSR count). The molecule has 0 aliphatic carbocycles. The van der Waals surface area contributed by atoms with Crippen molar-refractivity contribution >= 4 is 17.3 Å². The van der Waals surface area contributed by atoms with Gasteiger partial charge in [-0.15, -0.1) is 0 Å². The molecule has 0 unspecified atom stereocenters. The summed E-state index contributed by atoms with van der Waals surface area (Å²) in [4.78, 5) is 13.4. The van der Waals surface area contributed by atoms with Crippen molar-refractivity contribution < 1.29 is 17.6 Å². The van der Waals surface area contributed by atoms with Crippen LogP contribution in [0, 0.1) is 0 Å². The number of aromatic nitrogens is 2. The average molecular weight is 398 g/mol. The Hall–Kier alpha value is -2.74. The summed E-state index contributed by atoms with van der Waals surface area (Å²) in [7, 11) is 0. The first-order chi connectivity index (χ1) is 12.8. The van der Waals surface area contributed by atoms with Crippen LogP contribution in [-0.2, 0) is 12.7 Å². The SMILES string of the molecule is CCN(Cc1ccc(-c2ccc(C(F)(F)F)cc2)o1)c1cn[nH]c(=O)c1Cl. The molecule has 9 heteroatoms. The minimum atomic E-state index is -4.38.